The average Bonchev–Trinajstić information content (AvgIpc) is 2.90. The lowest BCUT2D eigenvalue weighted by Gasteiger charge is -2.10. The predicted molar refractivity (Wildman–Crippen MR) is 69.0 cm³/mol. The predicted octanol–water partition coefficient (Wildman–Crippen LogP) is 4.03. The zero-order valence-electron chi connectivity index (χ0n) is 9.58. The van der Waals surface area contributed by atoms with Gasteiger partial charge in [-0.25, -0.2) is 4.39 Å². The molecule has 1 saturated carbocycles. The van der Waals surface area contributed by atoms with Gasteiger partial charge in [0.2, 0.25) is 0 Å². The van der Waals surface area contributed by atoms with Gasteiger partial charge in [0.15, 0.2) is 4.77 Å². The minimum absolute atomic E-state index is 0.202. The quantitative estimate of drug-likeness (QED) is 0.798. The second kappa shape index (κ2) is 4.26. The summed E-state index contributed by atoms with van der Waals surface area (Å²) in [7, 11) is 0. The summed E-state index contributed by atoms with van der Waals surface area (Å²) in [5, 5.41) is 0. The summed E-state index contributed by atoms with van der Waals surface area (Å²) >= 11 is 5.32. The summed E-state index contributed by atoms with van der Waals surface area (Å²) in [5.41, 5.74) is 1.82. The van der Waals surface area contributed by atoms with Crippen LogP contribution in [-0.2, 0) is 6.54 Å². The van der Waals surface area contributed by atoms with Crippen molar-refractivity contribution < 1.29 is 4.39 Å². The number of hydrogen-bond acceptors (Lipinski definition) is 1. The Bertz CT molecular complexity index is 593. The van der Waals surface area contributed by atoms with E-state index in [2.05, 4.69) is 4.98 Å². The van der Waals surface area contributed by atoms with Crippen LogP contribution in [0.4, 0.5) is 4.39 Å². The molecule has 0 amide bonds. The first-order chi connectivity index (χ1) is 8.24. The Balaban J connectivity index is 2.04. The zero-order valence-corrected chi connectivity index (χ0v) is 10.4. The number of imidazole rings is 1. The monoisotopic (exact) mass is 250 g/mol. The van der Waals surface area contributed by atoms with Crippen molar-refractivity contribution in [1.29, 1.82) is 0 Å². The molecule has 0 bridgehead atoms. The van der Waals surface area contributed by atoms with Crippen LogP contribution >= 0.6 is 12.2 Å². The third-order valence-electron chi connectivity index (χ3n) is 3.65. The van der Waals surface area contributed by atoms with E-state index in [1.807, 2.05) is 4.57 Å². The van der Waals surface area contributed by atoms with Crippen LogP contribution in [-0.4, -0.2) is 9.55 Å². The van der Waals surface area contributed by atoms with Crippen molar-refractivity contribution in [2.24, 2.45) is 5.92 Å². The van der Waals surface area contributed by atoms with E-state index in [4.69, 9.17) is 12.2 Å². The van der Waals surface area contributed by atoms with Crippen molar-refractivity contribution in [3.63, 3.8) is 0 Å². The Morgan fingerprint density at radius 1 is 1.35 bits per heavy atom. The normalized spacial score (nSPS) is 17.0. The number of benzene rings is 1. The SMILES string of the molecule is Fc1ccc2[nH]c(=S)n(CC3CCCC3)c2c1. The molecule has 90 valence electrons. The standard InChI is InChI=1S/C13H15FN2S/c14-10-5-6-11-12(7-10)16(13(17)15-11)8-9-3-1-2-4-9/h5-7,9H,1-4,8H2,(H,15,17). The molecular formula is C13H15FN2S. The van der Waals surface area contributed by atoms with Crippen LogP contribution in [0.15, 0.2) is 18.2 Å². The van der Waals surface area contributed by atoms with E-state index >= 15 is 0 Å². The highest BCUT2D eigenvalue weighted by Gasteiger charge is 2.17. The summed E-state index contributed by atoms with van der Waals surface area (Å²) in [6, 6.07) is 4.79. The molecule has 1 aliphatic rings. The van der Waals surface area contributed by atoms with Gasteiger partial charge in [-0.2, -0.15) is 0 Å². The Labute approximate surface area is 104 Å². The van der Waals surface area contributed by atoms with Gasteiger partial charge in [-0.05, 0) is 49.2 Å². The molecule has 0 spiro atoms. The lowest BCUT2D eigenvalue weighted by molar-refractivity contribution is 0.461. The molecular weight excluding hydrogens is 235 g/mol. The highest BCUT2D eigenvalue weighted by atomic mass is 32.1. The van der Waals surface area contributed by atoms with E-state index in [0.717, 1.165) is 17.6 Å². The minimum Gasteiger partial charge on any atom is -0.331 e. The Morgan fingerprint density at radius 3 is 2.88 bits per heavy atom. The topological polar surface area (TPSA) is 20.7 Å². The van der Waals surface area contributed by atoms with Gasteiger partial charge in [0.1, 0.15) is 5.82 Å². The molecule has 1 aromatic heterocycles. The van der Waals surface area contributed by atoms with E-state index in [1.54, 1.807) is 12.1 Å². The molecule has 0 unspecified atom stereocenters. The molecule has 1 N–H and O–H groups in total. The van der Waals surface area contributed by atoms with Gasteiger partial charge in [-0.3, -0.25) is 0 Å². The minimum atomic E-state index is -0.202. The molecule has 2 nitrogen and oxygen atoms in total. The molecule has 17 heavy (non-hydrogen) atoms. The third kappa shape index (κ3) is 2.02. The maximum Gasteiger partial charge on any atom is 0.178 e. The fourth-order valence-electron chi connectivity index (χ4n) is 2.76. The van der Waals surface area contributed by atoms with Crippen molar-refractivity contribution in [3.8, 4) is 0 Å². The lowest BCUT2D eigenvalue weighted by atomic mass is 10.1. The summed E-state index contributed by atoms with van der Waals surface area (Å²) < 4.78 is 16.0. The number of nitrogens with one attached hydrogen (secondary N) is 1. The van der Waals surface area contributed by atoms with Gasteiger partial charge in [0.25, 0.3) is 0 Å². The van der Waals surface area contributed by atoms with Crippen LogP contribution in [0.25, 0.3) is 11.0 Å². The molecule has 2 aromatic rings. The fourth-order valence-corrected chi connectivity index (χ4v) is 3.04. The van der Waals surface area contributed by atoms with Crippen molar-refractivity contribution in [2.75, 3.05) is 0 Å². The van der Waals surface area contributed by atoms with Crippen molar-refractivity contribution in [1.82, 2.24) is 9.55 Å². The van der Waals surface area contributed by atoms with Crippen LogP contribution in [0.2, 0.25) is 0 Å². The van der Waals surface area contributed by atoms with E-state index in [-0.39, 0.29) is 5.82 Å². The molecule has 3 rings (SSSR count). The molecule has 1 aliphatic carbocycles. The van der Waals surface area contributed by atoms with E-state index in [0.29, 0.717) is 10.7 Å². The zero-order chi connectivity index (χ0) is 11.8. The number of aromatic nitrogens is 2. The summed E-state index contributed by atoms with van der Waals surface area (Å²) in [5.74, 6) is 0.496. The van der Waals surface area contributed by atoms with Crippen LogP contribution in [0.3, 0.4) is 0 Å². The highest BCUT2D eigenvalue weighted by molar-refractivity contribution is 7.71. The maximum atomic E-state index is 13.3. The first-order valence-corrected chi connectivity index (χ1v) is 6.53. The molecule has 0 aliphatic heterocycles. The number of aromatic amines is 1. The Hall–Kier alpha value is -1.16. The fraction of sp³-hybridized carbons (Fsp3) is 0.462. The van der Waals surface area contributed by atoms with Crippen molar-refractivity contribution >= 4 is 23.3 Å². The number of halogens is 1. The molecule has 0 atom stereocenters. The molecule has 1 fully saturated rings. The molecule has 0 radical (unpaired) electrons. The summed E-state index contributed by atoms with van der Waals surface area (Å²) in [4.78, 5) is 3.14. The smallest absolute Gasteiger partial charge is 0.178 e. The largest absolute Gasteiger partial charge is 0.331 e. The Morgan fingerprint density at radius 2 is 2.12 bits per heavy atom. The highest BCUT2D eigenvalue weighted by Crippen LogP contribution is 2.27. The molecule has 0 saturated heterocycles. The second-order valence-electron chi connectivity index (χ2n) is 4.85. The molecule has 4 heteroatoms. The number of hydrogen-bond donors (Lipinski definition) is 1. The first-order valence-electron chi connectivity index (χ1n) is 6.12. The van der Waals surface area contributed by atoms with E-state index in [1.165, 1.54) is 31.7 Å². The molecule has 1 aromatic carbocycles. The van der Waals surface area contributed by atoms with Crippen LogP contribution in [0, 0.1) is 16.5 Å². The van der Waals surface area contributed by atoms with Gasteiger partial charge in [0.05, 0.1) is 11.0 Å². The van der Waals surface area contributed by atoms with Crippen LogP contribution in [0.1, 0.15) is 25.7 Å². The summed E-state index contributed by atoms with van der Waals surface area (Å²) in [6.07, 6.45) is 5.16. The first kappa shape index (κ1) is 11.0. The van der Waals surface area contributed by atoms with Crippen LogP contribution in [0.5, 0.6) is 0 Å². The van der Waals surface area contributed by atoms with Crippen molar-refractivity contribution in [2.45, 2.75) is 32.2 Å². The van der Waals surface area contributed by atoms with Crippen LogP contribution < -0.4 is 0 Å². The van der Waals surface area contributed by atoms with E-state index < -0.39 is 0 Å². The van der Waals surface area contributed by atoms with Gasteiger partial charge in [-0.15, -0.1) is 0 Å². The average molecular weight is 250 g/mol. The van der Waals surface area contributed by atoms with Gasteiger partial charge in [-0.1, -0.05) is 12.8 Å². The van der Waals surface area contributed by atoms with Crippen molar-refractivity contribution in [3.05, 3.63) is 28.8 Å². The number of fused-ring (bicyclic) bond motifs is 1. The number of rotatable bonds is 2. The Kier molecular flexibility index (Phi) is 2.74. The van der Waals surface area contributed by atoms with E-state index in [9.17, 15) is 4.39 Å². The van der Waals surface area contributed by atoms with Gasteiger partial charge >= 0.3 is 0 Å². The van der Waals surface area contributed by atoms with Gasteiger partial charge in [0, 0.05) is 6.54 Å². The number of nitrogens with zero attached hydrogens (tertiary/aromatic N) is 1. The number of H-pyrrole nitrogens is 1. The second-order valence-corrected chi connectivity index (χ2v) is 5.24. The lowest BCUT2D eigenvalue weighted by Crippen LogP contribution is -2.07. The van der Waals surface area contributed by atoms with Gasteiger partial charge < -0.3 is 9.55 Å². The summed E-state index contributed by atoms with van der Waals surface area (Å²) in [6.45, 7) is 0.919. The maximum absolute atomic E-state index is 13.3. The molecule has 1 heterocycles. The third-order valence-corrected chi connectivity index (χ3v) is 3.98.